The van der Waals surface area contributed by atoms with Crippen LogP contribution in [0.2, 0.25) is 0 Å². The van der Waals surface area contributed by atoms with Crippen molar-refractivity contribution in [2.45, 2.75) is 6.92 Å². The Morgan fingerprint density at radius 1 is 1.53 bits per heavy atom. The lowest BCUT2D eigenvalue weighted by Gasteiger charge is -2.05. The highest BCUT2D eigenvalue weighted by atomic mass is 32.1. The molecular weight excluding hydrogens is 262 g/mol. The van der Waals surface area contributed by atoms with Crippen molar-refractivity contribution in [2.75, 3.05) is 5.32 Å². The van der Waals surface area contributed by atoms with Crippen LogP contribution in [0.15, 0.2) is 24.5 Å². The number of nitrogens with one attached hydrogen (secondary N) is 1. The van der Waals surface area contributed by atoms with E-state index in [9.17, 15) is 4.79 Å². The van der Waals surface area contributed by atoms with Crippen molar-refractivity contribution in [1.29, 1.82) is 0 Å². The zero-order chi connectivity index (χ0) is 14.0. The predicted octanol–water partition coefficient (Wildman–Crippen LogP) is 1.01. The summed E-state index contributed by atoms with van der Waals surface area (Å²) < 4.78 is 1.73. The average Bonchev–Trinajstić information content (AvgIpc) is 2.68. The van der Waals surface area contributed by atoms with Gasteiger partial charge in [0.15, 0.2) is 0 Å². The summed E-state index contributed by atoms with van der Waals surface area (Å²) in [5.74, 6) is 0.108. The SMILES string of the molecule is Cc1cn(C)c(NC(=O)c2cc(C(N)=S)ccn2)n1. The third kappa shape index (κ3) is 2.94. The van der Waals surface area contributed by atoms with Gasteiger partial charge in [-0.15, -0.1) is 0 Å². The van der Waals surface area contributed by atoms with Crippen molar-refractivity contribution in [2.24, 2.45) is 12.8 Å². The first-order valence-electron chi connectivity index (χ1n) is 5.54. The van der Waals surface area contributed by atoms with Crippen LogP contribution in [0.3, 0.4) is 0 Å². The predicted molar refractivity (Wildman–Crippen MR) is 76.0 cm³/mol. The summed E-state index contributed by atoms with van der Waals surface area (Å²) in [6, 6.07) is 3.21. The fraction of sp³-hybridized carbons (Fsp3) is 0.167. The summed E-state index contributed by atoms with van der Waals surface area (Å²) in [4.78, 5) is 20.4. The molecule has 0 saturated carbocycles. The number of pyridine rings is 1. The van der Waals surface area contributed by atoms with E-state index in [2.05, 4.69) is 15.3 Å². The molecule has 7 heteroatoms. The Labute approximate surface area is 115 Å². The van der Waals surface area contributed by atoms with Crippen LogP contribution in [0.25, 0.3) is 0 Å². The number of imidazole rings is 1. The number of carbonyl (C=O) groups is 1. The van der Waals surface area contributed by atoms with E-state index in [0.717, 1.165) is 5.69 Å². The summed E-state index contributed by atoms with van der Waals surface area (Å²) >= 11 is 4.86. The Kier molecular flexibility index (Phi) is 3.57. The van der Waals surface area contributed by atoms with Gasteiger partial charge in [-0.05, 0) is 19.1 Å². The summed E-state index contributed by atoms with van der Waals surface area (Å²) in [5.41, 5.74) is 7.18. The van der Waals surface area contributed by atoms with Crippen molar-refractivity contribution >= 4 is 29.1 Å². The van der Waals surface area contributed by atoms with E-state index >= 15 is 0 Å². The number of hydrogen-bond acceptors (Lipinski definition) is 4. The van der Waals surface area contributed by atoms with E-state index in [1.807, 2.05) is 13.1 Å². The Hall–Kier alpha value is -2.28. The molecule has 2 aromatic rings. The number of anilines is 1. The van der Waals surface area contributed by atoms with Gasteiger partial charge >= 0.3 is 0 Å². The highest BCUT2D eigenvalue weighted by Crippen LogP contribution is 2.08. The maximum atomic E-state index is 12.0. The van der Waals surface area contributed by atoms with Crippen molar-refractivity contribution in [3.05, 3.63) is 41.5 Å². The third-order valence-corrected chi connectivity index (χ3v) is 2.73. The molecule has 2 heterocycles. The van der Waals surface area contributed by atoms with Crippen LogP contribution < -0.4 is 11.1 Å². The number of amides is 1. The Morgan fingerprint density at radius 2 is 2.26 bits per heavy atom. The quantitative estimate of drug-likeness (QED) is 0.816. The van der Waals surface area contributed by atoms with E-state index in [1.54, 1.807) is 23.7 Å². The van der Waals surface area contributed by atoms with Gasteiger partial charge in [0.25, 0.3) is 5.91 Å². The molecule has 0 bridgehead atoms. The maximum Gasteiger partial charge on any atom is 0.276 e. The van der Waals surface area contributed by atoms with Gasteiger partial charge in [0.2, 0.25) is 5.95 Å². The number of rotatable bonds is 3. The van der Waals surface area contributed by atoms with E-state index in [-0.39, 0.29) is 16.6 Å². The highest BCUT2D eigenvalue weighted by Gasteiger charge is 2.12. The minimum atomic E-state index is -0.355. The molecule has 0 atom stereocenters. The van der Waals surface area contributed by atoms with Crippen LogP contribution in [-0.2, 0) is 7.05 Å². The molecule has 0 aliphatic carbocycles. The molecule has 0 radical (unpaired) electrons. The second-order valence-corrected chi connectivity index (χ2v) is 4.50. The van der Waals surface area contributed by atoms with Crippen LogP contribution in [0, 0.1) is 6.92 Å². The Morgan fingerprint density at radius 3 is 2.84 bits per heavy atom. The van der Waals surface area contributed by atoms with Gasteiger partial charge in [0.1, 0.15) is 10.7 Å². The molecule has 98 valence electrons. The first-order valence-corrected chi connectivity index (χ1v) is 5.95. The van der Waals surface area contributed by atoms with Crippen LogP contribution in [0.5, 0.6) is 0 Å². The molecular formula is C12H13N5OS. The maximum absolute atomic E-state index is 12.0. The lowest BCUT2D eigenvalue weighted by Crippen LogP contribution is -2.18. The molecule has 0 unspecified atom stereocenters. The molecule has 0 spiro atoms. The number of aryl methyl sites for hydroxylation is 2. The Balaban J connectivity index is 2.23. The van der Waals surface area contributed by atoms with Gasteiger partial charge in [-0.25, -0.2) is 4.98 Å². The first-order chi connectivity index (χ1) is 8.97. The van der Waals surface area contributed by atoms with Crippen LogP contribution in [-0.4, -0.2) is 25.4 Å². The van der Waals surface area contributed by atoms with Crippen molar-refractivity contribution in [3.8, 4) is 0 Å². The normalized spacial score (nSPS) is 10.2. The van der Waals surface area contributed by atoms with Crippen LogP contribution >= 0.6 is 12.2 Å². The largest absolute Gasteiger partial charge is 0.389 e. The van der Waals surface area contributed by atoms with Gasteiger partial charge in [-0.1, -0.05) is 12.2 Å². The van der Waals surface area contributed by atoms with Gasteiger partial charge < -0.3 is 10.3 Å². The number of thiocarbonyl (C=S) groups is 1. The van der Waals surface area contributed by atoms with Crippen LogP contribution in [0.4, 0.5) is 5.95 Å². The standard InChI is InChI=1S/C12H13N5OS/c1-7-6-17(2)12(15-7)16-11(18)9-5-8(10(13)19)3-4-14-9/h3-6H,1-2H3,(H2,13,19)(H,15,16,18). The lowest BCUT2D eigenvalue weighted by molar-refractivity contribution is 0.102. The fourth-order valence-electron chi connectivity index (χ4n) is 1.61. The molecule has 3 N–H and O–H groups in total. The summed E-state index contributed by atoms with van der Waals surface area (Å²) in [5, 5.41) is 2.68. The van der Waals surface area contributed by atoms with Gasteiger partial charge in [0, 0.05) is 25.0 Å². The summed E-state index contributed by atoms with van der Waals surface area (Å²) in [6.07, 6.45) is 3.31. The zero-order valence-corrected chi connectivity index (χ0v) is 11.4. The van der Waals surface area contributed by atoms with E-state index in [0.29, 0.717) is 11.5 Å². The average molecular weight is 275 g/mol. The number of nitrogens with two attached hydrogens (primary N) is 1. The van der Waals surface area contributed by atoms with Gasteiger partial charge in [-0.3, -0.25) is 15.1 Å². The van der Waals surface area contributed by atoms with Crippen molar-refractivity contribution in [1.82, 2.24) is 14.5 Å². The first kappa shape index (κ1) is 13.2. The molecule has 0 aliphatic heterocycles. The Bertz CT molecular complexity index is 649. The van der Waals surface area contributed by atoms with Gasteiger partial charge in [-0.2, -0.15) is 0 Å². The minimum absolute atomic E-state index is 0.226. The number of aromatic nitrogens is 3. The molecule has 6 nitrogen and oxygen atoms in total. The van der Waals surface area contributed by atoms with E-state index < -0.39 is 0 Å². The summed E-state index contributed by atoms with van der Waals surface area (Å²) in [6.45, 7) is 1.85. The van der Waals surface area contributed by atoms with Crippen molar-refractivity contribution < 1.29 is 4.79 Å². The van der Waals surface area contributed by atoms with Gasteiger partial charge in [0.05, 0.1) is 5.69 Å². The number of nitrogens with zero attached hydrogens (tertiary/aromatic N) is 3. The molecule has 0 aromatic carbocycles. The fourth-order valence-corrected chi connectivity index (χ4v) is 1.73. The molecule has 0 aliphatic rings. The zero-order valence-electron chi connectivity index (χ0n) is 10.5. The second-order valence-electron chi connectivity index (χ2n) is 4.06. The van der Waals surface area contributed by atoms with E-state index in [1.165, 1.54) is 6.20 Å². The summed E-state index contributed by atoms with van der Waals surface area (Å²) in [7, 11) is 1.80. The number of hydrogen-bond donors (Lipinski definition) is 2. The molecule has 1 amide bonds. The topological polar surface area (TPSA) is 85.8 Å². The third-order valence-electron chi connectivity index (χ3n) is 2.50. The molecule has 2 rings (SSSR count). The number of carbonyl (C=O) groups excluding carboxylic acids is 1. The van der Waals surface area contributed by atoms with Crippen molar-refractivity contribution in [3.63, 3.8) is 0 Å². The minimum Gasteiger partial charge on any atom is -0.389 e. The second kappa shape index (κ2) is 5.15. The van der Waals surface area contributed by atoms with Crippen LogP contribution in [0.1, 0.15) is 21.7 Å². The molecule has 0 saturated heterocycles. The molecule has 0 fully saturated rings. The highest BCUT2D eigenvalue weighted by molar-refractivity contribution is 7.80. The lowest BCUT2D eigenvalue weighted by atomic mass is 10.2. The molecule has 19 heavy (non-hydrogen) atoms. The molecule has 2 aromatic heterocycles. The van der Waals surface area contributed by atoms with E-state index in [4.69, 9.17) is 18.0 Å². The monoisotopic (exact) mass is 275 g/mol. The smallest absolute Gasteiger partial charge is 0.276 e.